The van der Waals surface area contributed by atoms with Crippen molar-refractivity contribution in [2.24, 2.45) is 0 Å². The van der Waals surface area contributed by atoms with Gasteiger partial charge in [-0.3, -0.25) is 4.79 Å². The summed E-state index contributed by atoms with van der Waals surface area (Å²) in [5.41, 5.74) is 3.76. The van der Waals surface area contributed by atoms with Crippen LogP contribution in [0.25, 0.3) is 16.9 Å². The van der Waals surface area contributed by atoms with Crippen LogP contribution in [0.2, 0.25) is 0 Å². The van der Waals surface area contributed by atoms with Gasteiger partial charge in [0.2, 0.25) is 11.1 Å². The second-order valence-electron chi connectivity index (χ2n) is 7.11. The third-order valence-electron chi connectivity index (χ3n) is 4.31. The summed E-state index contributed by atoms with van der Waals surface area (Å²) < 4.78 is 1.71. The summed E-state index contributed by atoms with van der Waals surface area (Å²) in [6, 6.07) is 12.4. The molecule has 1 aromatic carbocycles. The molecule has 0 aliphatic rings. The molecule has 0 aliphatic heterocycles. The first-order valence-corrected chi connectivity index (χ1v) is 10.1. The fourth-order valence-corrected chi connectivity index (χ4v) is 3.87. The van der Waals surface area contributed by atoms with E-state index in [1.54, 1.807) is 4.52 Å². The minimum atomic E-state index is 0.0939. The number of fused-ring (bicyclic) bond motifs is 1. The van der Waals surface area contributed by atoms with Crippen LogP contribution in [0.4, 0.5) is 0 Å². The highest BCUT2D eigenvalue weighted by Crippen LogP contribution is 2.22. The standard InChI is InChI=1S/C20H25N5OS/c1-13(2)24(14(3)4)19(26)12-27-20-22-21-18-11-10-17(23-25(18)20)16-8-6-15(5)7-9-16/h6-11,13-14H,12H2,1-5H3. The molecule has 1 amide bonds. The molecule has 2 heterocycles. The van der Waals surface area contributed by atoms with Crippen LogP contribution in [-0.2, 0) is 4.79 Å². The Hall–Kier alpha value is -2.41. The molecule has 0 atom stereocenters. The maximum atomic E-state index is 12.6. The fraction of sp³-hybridized carbons (Fsp3) is 0.400. The SMILES string of the molecule is Cc1ccc(-c2ccc3nnc(SCC(=O)N(C(C)C)C(C)C)n3n2)cc1. The van der Waals surface area contributed by atoms with E-state index >= 15 is 0 Å². The average Bonchev–Trinajstić information content (AvgIpc) is 3.02. The Morgan fingerprint density at radius 1 is 1.04 bits per heavy atom. The van der Waals surface area contributed by atoms with Gasteiger partial charge in [-0.15, -0.1) is 10.2 Å². The molecule has 0 radical (unpaired) electrons. The quantitative estimate of drug-likeness (QED) is 0.605. The molecule has 27 heavy (non-hydrogen) atoms. The molecular weight excluding hydrogens is 358 g/mol. The maximum Gasteiger partial charge on any atom is 0.233 e. The molecule has 0 saturated carbocycles. The molecule has 7 heteroatoms. The number of hydrogen-bond donors (Lipinski definition) is 0. The Morgan fingerprint density at radius 3 is 2.33 bits per heavy atom. The van der Waals surface area contributed by atoms with Crippen LogP contribution >= 0.6 is 11.8 Å². The predicted octanol–water partition coefficient (Wildman–Crippen LogP) is 3.84. The van der Waals surface area contributed by atoms with Gasteiger partial charge in [0, 0.05) is 17.6 Å². The fourth-order valence-electron chi connectivity index (χ4n) is 3.11. The van der Waals surface area contributed by atoms with Crippen LogP contribution in [-0.4, -0.2) is 48.5 Å². The van der Waals surface area contributed by atoms with Gasteiger partial charge in [0.1, 0.15) is 0 Å². The summed E-state index contributed by atoms with van der Waals surface area (Å²) >= 11 is 1.37. The van der Waals surface area contributed by atoms with Crippen LogP contribution in [0.1, 0.15) is 33.3 Å². The van der Waals surface area contributed by atoms with Gasteiger partial charge >= 0.3 is 0 Å². The average molecular weight is 384 g/mol. The van der Waals surface area contributed by atoms with E-state index in [9.17, 15) is 4.79 Å². The van der Waals surface area contributed by atoms with Gasteiger partial charge in [-0.2, -0.15) is 9.61 Å². The molecular formula is C20H25N5OS. The molecule has 142 valence electrons. The molecule has 0 spiro atoms. The highest BCUT2D eigenvalue weighted by atomic mass is 32.2. The van der Waals surface area contributed by atoms with Crippen LogP contribution in [0, 0.1) is 6.92 Å². The van der Waals surface area contributed by atoms with Crippen LogP contribution in [0.3, 0.4) is 0 Å². The first-order valence-electron chi connectivity index (χ1n) is 9.10. The highest BCUT2D eigenvalue weighted by Gasteiger charge is 2.21. The van der Waals surface area contributed by atoms with Crippen molar-refractivity contribution in [3.63, 3.8) is 0 Å². The Kier molecular flexibility index (Phi) is 5.79. The lowest BCUT2D eigenvalue weighted by atomic mass is 10.1. The van der Waals surface area contributed by atoms with E-state index in [4.69, 9.17) is 0 Å². The zero-order chi connectivity index (χ0) is 19.6. The number of aromatic nitrogens is 4. The van der Waals surface area contributed by atoms with E-state index in [0.29, 0.717) is 16.6 Å². The summed E-state index contributed by atoms with van der Waals surface area (Å²) in [5.74, 6) is 0.407. The minimum Gasteiger partial charge on any atom is -0.337 e. The molecule has 0 N–H and O–H groups in total. The second kappa shape index (κ2) is 8.08. The number of carbonyl (C=O) groups is 1. The third-order valence-corrected chi connectivity index (χ3v) is 5.21. The Labute approximate surface area is 164 Å². The number of benzene rings is 1. The second-order valence-corrected chi connectivity index (χ2v) is 8.06. The van der Waals surface area contributed by atoms with Gasteiger partial charge in [0.25, 0.3) is 0 Å². The van der Waals surface area contributed by atoms with E-state index in [-0.39, 0.29) is 18.0 Å². The van der Waals surface area contributed by atoms with Gasteiger partial charge in [0.05, 0.1) is 11.4 Å². The van der Waals surface area contributed by atoms with Crippen LogP contribution < -0.4 is 0 Å². The van der Waals surface area contributed by atoms with Crippen LogP contribution in [0.15, 0.2) is 41.6 Å². The van der Waals surface area contributed by atoms with Crippen molar-refractivity contribution < 1.29 is 4.79 Å². The van der Waals surface area contributed by atoms with Crippen LogP contribution in [0.5, 0.6) is 0 Å². The van der Waals surface area contributed by atoms with E-state index < -0.39 is 0 Å². The normalized spacial score (nSPS) is 11.5. The maximum absolute atomic E-state index is 12.6. The van der Waals surface area contributed by atoms with Gasteiger partial charge < -0.3 is 4.90 Å². The molecule has 6 nitrogen and oxygen atoms in total. The van der Waals surface area contributed by atoms with Crippen molar-refractivity contribution in [3.8, 4) is 11.3 Å². The number of carbonyl (C=O) groups excluding carboxylic acids is 1. The molecule has 0 fully saturated rings. The van der Waals surface area contributed by atoms with Gasteiger partial charge in [-0.1, -0.05) is 41.6 Å². The van der Waals surface area contributed by atoms with Crippen molar-refractivity contribution in [1.82, 2.24) is 24.7 Å². The van der Waals surface area contributed by atoms with Crippen molar-refractivity contribution in [3.05, 3.63) is 42.0 Å². The number of amides is 1. The zero-order valence-electron chi connectivity index (χ0n) is 16.4. The van der Waals surface area contributed by atoms with Gasteiger partial charge in [-0.05, 0) is 46.8 Å². The first-order chi connectivity index (χ1) is 12.9. The van der Waals surface area contributed by atoms with E-state index in [2.05, 4.69) is 34.4 Å². The van der Waals surface area contributed by atoms with E-state index in [0.717, 1.165) is 11.3 Å². The number of aryl methyl sites for hydroxylation is 1. The monoisotopic (exact) mass is 383 g/mol. The largest absolute Gasteiger partial charge is 0.337 e. The highest BCUT2D eigenvalue weighted by molar-refractivity contribution is 7.99. The summed E-state index contributed by atoms with van der Waals surface area (Å²) in [6.07, 6.45) is 0. The minimum absolute atomic E-state index is 0.0939. The molecule has 0 saturated heterocycles. The molecule has 0 aliphatic carbocycles. The molecule has 0 unspecified atom stereocenters. The molecule has 2 aromatic heterocycles. The zero-order valence-corrected chi connectivity index (χ0v) is 17.2. The predicted molar refractivity (Wildman–Crippen MR) is 109 cm³/mol. The number of rotatable bonds is 6. The molecule has 3 rings (SSSR count). The summed E-state index contributed by atoms with van der Waals surface area (Å²) in [4.78, 5) is 14.5. The lowest BCUT2D eigenvalue weighted by Crippen LogP contribution is -2.43. The van der Waals surface area contributed by atoms with E-state index in [1.165, 1.54) is 17.3 Å². The number of hydrogen-bond acceptors (Lipinski definition) is 5. The van der Waals surface area contributed by atoms with Crippen molar-refractivity contribution in [2.75, 3.05) is 5.75 Å². The van der Waals surface area contributed by atoms with Crippen molar-refractivity contribution in [1.29, 1.82) is 0 Å². The Bertz CT molecular complexity index is 925. The molecule has 0 bridgehead atoms. The van der Waals surface area contributed by atoms with Crippen molar-refractivity contribution >= 4 is 23.3 Å². The number of nitrogens with zero attached hydrogens (tertiary/aromatic N) is 5. The summed E-state index contributed by atoms with van der Waals surface area (Å²) in [6.45, 7) is 10.2. The summed E-state index contributed by atoms with van der Waals surface area (Å²) in [7, 11) is 0. The van der Waals surface area contributed by atoms with E-state index in [1.807, 2.05) is 56.9 Å². The van der Waals surface area contributed by atoms with Gasteiger partial charge in [-0.25, -0.2) is 0 Å². The smallest absolute Gasteiger partial charge is 0.233 e. The lowest BCUT2D eigenvalue weighted by Gasteiger charge is -2.30. The Balaban J connectivity index is 1.82. The first kappa shape index (κ1) is 19.4. The topological polar surface area (TPSA) is 63.4 Å². The number of thioether (sulfide) groups is 1. The third kappa shape index (κ3) is 4.30. The lowest BCUT2D eigenvalue weighted by molar-refractivity contribution is -0.131. The van der Waals surface area contributed by atoms with Gasteiger partial charge in [0.15, 0.2) is 5.65 Å². The van der Waals surface area contributed by atoms with Crippen molar-refractivity contribution in [2.45, 2.75) is 51.9 Å². The molecule has 3 aromatic rings. The summed E-state index contributed by atoms with van der Waals surface area (Å²) in [5, 5.41) is 13.7. The Morgan fingerprint density at radius 2 is 1.70 bits per heavy atom.